The summed E-state index contributed by atoms with van der Waals surface area (Å²) in [6.07, 6.45) is 1.77. The van der Waals surface area contributed by atoms with Crippen molar-refractivity contribution in [2.75, 3.05) is 6.54 Å². The van der Waals surface area contributed by atoms with E-state index in [9.17, 15) is 9.59 Å². The van der Waals surface area contributed by atoms with Gasteiger partial charge in [0.15, 0.2) is 0 Å². The Balaban J connectivity index is 1.95. The molecule has 1 unspecified atom stereocenters. The summed E-state index contributed by atoms with van der Waals surface area (Å²) in [6.45, 7) is 5.12. The number of likely N-dealkylation sites (tertiary alicyclic amines) is 1. The molecule has 1 aliphatic rings. The van der Waals surface area contributed by atoms with E-state index in [0.29, 0.717) is 13.0 Å². The second-order valence-electron chi connectivity index (χ2n) is 6.09. The fraction of sp³-hybridized carbons (Fsp3) is 0.500. The number of benzene rings is 1. The normalized spacial score (nSPS) is 20.7. The van der Waals surface area contributed by atoms with Crippen LogP contribution >= 0.6 is 0 Å². The summed E-state index contributed by atoms with van der Waals surface area (Å²) in [5, 5.41) is 0. The molecule has 1 atom stereocenters. The Morgan fingerprint density at radius 1 is 1.40 bits per heavy atom. The standard InChI is InChI=1S/C16H21NO3/c1-16(2)10-14(8-9-18)17(12-16)15(19)20-11-13-6-4-3-5-7-13/h3-7,9,14H,8,10-12H2,1-2H3. The van der Waals surface area contributed by atoms with Gasteiger partial charge in [-0.05, 0) is 17.4 Å². The molecule has 1 aromatic rings. The van der Waals surface area contributed by atoms with Gasteiger partial charge >= 0.3 is 6.09 Å². The van der Waals surface area contributed by atoms with Gasteiger partial charge in [0.05, 0.1) is 0 Å². The van der Waals surface area contributed by atoms with Crippen LogP contribution in [0.3, 0.4) is 0 Å². The smallest absolute Gasteiger partial charge is 0.410 e. The van der Waals surface area contributed by atoms with Crippen molar-refractivity contribution in [3.05, 3.63) is 35.9 Å². The van der Waals surface area contributed by atoms with Gasteiger partial charge in [-0.25, -0.2) is 4.79 Å². The Morgan fingerprint density at radius 2 is 2.10 bits per heavy atom. The molecule has 0 saturated carbocycles. The maximum absolute atomic E-state index is 12.2. The maximum Gasteiger partial charge on any atom is 0.410 e. The lowest BCUT2D eigenvalue weighted by Crippen LogP contribution is -2.36. The minimum Gasteiger partial charge on any atom is -0.445 e. The predicted octanol–water partition coefficient (Wildman–Crippen LogP) is 3.01. The Labute approximate surface area is 119 Å². The van der Waals surface area contributed by atoms with Gasteiger partial charge in [-0.15, -0.1) is 0 Å². The molecule has 1 saturated heterocycles. The third-order valence-electron chi connectivity index (χ3n) is 3.64. The fourth-order valence-corrected chi connectivity index (χ4v) is 2.74. The summed E-state index contributed by atoms with van der Waals surface area (Å²) in [4.78, 5) is 24.6. The van der Waals surface area contributed by atoms with Gasteiger partial charge in [-0.1, -0.05) is 44.2 Å². The number of ether oxygens (including phenoxy) is 1. The zero-order valence-corrected chi connectivity index (χ0v) is 12.0. The van der Waals surface area contributed by atoms with Gasteiger partial charge in [-0.3, -0.25) is 0 Å². The van der Waals surface area contributed by atoms with Crippen molar-refractivity contribution in [1.29, 1.82) is 0 Å². The first-order valence-electron chi connectivity index (χ1n) is 6.93. The van der Waals surface area contributed by atoms with E-state index >= 15 is 0 Å². The van der Waals surface area contributed by atoms with E-state index in [0.717, 1.165) is 18.3 Å². The number of hydrogen-bond acceptors (Lipinski definition) is 3. The maximum atomic E-state index is 12.2. The average Bonchev–Trinajstić information content (AvgIpc) is 2.73. The lowest BCUT2D eigenvalue weighted by Gasteiger charge is -2.23. The molecule has 1 amide bonds. The summed E-state index contributed by atoms with van der Waals surface area (Å²) in [5.41, 5.74) is 1.01. The highest BCUT2D eigenvalue weighted by Crippen LogP contribution is 2.35. The predicted molar refractivity (Wildman–Crippen MR) is 76.2 cm³/mol. The first-order chi connectivity index (χ1) is 9.52. The molecule has 0 spiro atoms. The number of amides is 1. The van der Waals surface area contributed by atoms with Crippen LogP contribution in [-0.4, -0.2) is 29.9 Å². The van der Waals surface area contributed by atoms with E-state index in [-0.39, 0.29) is 24.2 Å². The highest BCUT2D eigenvalue weighted by molar-refractivity contribution is 5.69. The van der Waals surface area contributed by atoms with Crippen LogP contribution < -0.4 is 0 Å². The highest BCUT2D eigenvalue weighted by Gasteiger charge is 2.40. The van der Waals surface area contributed by atoms with E-state index < -0.39 is 0 Å². The molecule has 20 heavy (non-hydrogen) atoms. The van der Waals surface area contributed by atoms with Crippen molar-refractivity contribution < 1.29 is 14.3 Å². The minimum atomic E-state index is -0.328. The number of rotatable bonds is 4. The van der Waals surface area contributed by atoms with Crippen LogP contribution in [0.15, 0.2) is 30.3 Å². The quantitative estimate of drug-likeness (QED) is 0.793. The topological polar surface area (TPSA) is 46.6 Å². The molecule has 4 heteroatoms. The zero-order chi connectivity index (χ0) is 14.6. The third-order valence-corrected chi connectivity index (χ3v) is 3.64. The Bertz CT molecular complexity index is 470. The van der Waals surface area contributed by atoms with Crippen LogP contribution in [0, 0.1) is 5.41 Å². The second-order valence-corrected chi connectivity index (χ2v) is 6.09. The van der Waals surface area contributed by atoms with E-state index in [2.05, 4.69) is 13.8 Å². The molecule has 0 bridgehead atoms. The first kappa shape index (κ1) is 14.6. The molecule has 0 aliphatic carbocycles. The molecule has 4 nitrogen and oxygen atoms in total. The highest BCUT2D eigenvalue weighted by atomic mass is 16.6. The Hall–Kier alpha value is -1.84. The van der Waals surface area contributed by atoms with Crippen LogP contribution in [0.2, 0.25) is 0 Å². The van der Waals surface area contributed by atoms with Crippen molar-refractivity contribution in [3.63, 3.8) is 0 Å². The van der Waals surface area contributed by atoms with Crippen LogP contribution in [-0.2, 0) is 16.1 Å². The lowest BCUT2D eigenvalue weighted by atomic mass is 9.90. The van der Waals surface area contributed by atoms with Crippen molar-refractivity contribution in [2.45, 2.75) is 39.3 Å². The molecular weight excluding hydrogens is 254 g/mol. The van der Waals surface area contributed by atoms with E-state index in [4.69, 9.17) is 4.74 Å². The lowest BCUT2D eigenvalue weighted by molar-refractivity contribution is -0.108. The largest absolute Gasteiger partial charge is 0.445 e. The molecule has 0 aromatic heterocycles. The summed E-state index contributed by atoms with van der Waals surface area (Å²) in [6, 6.07) is 9.56. The van der Waals surface area contributed by atoms with Gasteiger partial charge in [0, 0.05) is 19.0 Å². The van der Waals surface area contributed by atoms with Crippen LogP contribution in [0.1, 0.15) is 32.3 Å². The first-order valence-corrected chi connectivity index (χ1v) is 6.93. The minimum absolute atomic E-state index is 0.0363. The molecule has 0 N–H and O–H groups in total. The van der Waals surface area contributed by atoms with E-state index in [1.807, 2.05) is 30.3 Å². The number of carbonyl (C=O) groups is 2. The SMILES string of the molecule is CC1(C)CC(CC=O)N(C(=O)OCc2ccccc2)C1. The monoisotopic (exact) mass is 275 g/mol. The van der Waals surface area contributed by atoms with Gasteiger partial charge in [0.2, 0.25) is 0 Å². The Morgan fingerprint density at radius 3 is 2.75 bits per heavy atom. The molecule has 1 aromatic carbocycles. The van der Waals surface area contributed by atoms with E-state index in [1.54, 1.807) is 4.90 Å². The molecule has 1 fully saturated rings. The molecule has 1 aliphatic heterocycles. The van der Waals surface area contributed by atoms with Gasteiger partial charge in [-0.2, -0.15) is 0 Å². The number of hydrogen-bond donors (Lipinski definition) is 0. The van der Waals surface area contributed by atoms with E-state index in [1.165, 1.54) is 0 Å². The third kappa shape index (κ3) is 3.59. The molecule has 0 radical (unpaired) electrons. The van der Waals surface area contributed by atoms with Crippen LogP contribution in [0.5, 0.6) is 0 Å². The number of aldehydes is 1. The van der Waals surface area contributed by atoms with Crippen molar-refractivity contribution in [2.24, 2.45) is 5.41 Å². The van der Waals surface area contributed by atoms with Crippen molar-refractivity contribution in [3.8, 4) is 0 Å². The summed E-state index contributed by atoms with van der Waals surface area (Å²) in [7, 11) is 0. The Kier molecular flexibility index (Phi) is 4.42. The number of carbonyl (C=O) groups excluding carboxylic acids is 2. The second kappa shape index (κ2) is 6.07. The summed E-state index contributed by atoms with van der Waals surface area (Å²) >= 11 is 0. The summed E-state index contributed by atoms with van der Waals surface area (Å²) < 4.78 is 5.35. The van der Waals surface area contributed by atoms with Crippen LogP contribution in [0.4, 0.5) is 4.79 Å². The molecule has 108 valence electrons. The van der Waals surface area contributed by atoms with Gasteiger partial charge < -0.3 is 14.4 Å². The van der Waals surface area contributed by atoms with Gasteiger partial charge in [0.1, 0.15) is 12.9 Å². The molecule has 1 heterocycles. The average molecular weight is 275 g/mol. The number of nitrogens with zero attached hydrogens (tertiary/aromatic N) is 1. The summed E-state index contributed by atoms with van der Waals surface area (Å²) in [5.74, 6) is 0. The molecular formula is C16H21NO3. The zero-order valence-electron chi connectivity index (χ0n) is 12.0. The van der Waals surface area contributed by atoms with Crippen molar-refractivity contribution in [1.82, 2.24) is 4.90 Å². The van der Waals surface area contributed by atoms with Gasteiger partial charge in [0.25, 0.3) is 0 Å². The van der Waals surface area contributed by atoms with Crippen molar-refractivity contribution >= 4 is 12.4 Å². The fourth-order valence-electron chi connectivity index (χ4n) is 2.74. The van der Waals surface area contributed by atoms with Crippen LogP contribution in [0.25, 0.3) is 0 Å². The molecule has 2 rings (SSSR count).